The second-order valence-electron chi connectivity index (χ2n) is 8.44. The maximum absolute atomic E-state index is 13.3. The number of nitro benzene ring substituents is 1. The number of rotatable bonds is 7. The van der Waals surface area contributed by atoms with Crippen LogP contribution in [0.25, 0.3) is 10.8 Å². The van der Waals surface area contributed by atoms with Gasteiger partial charge in [-0.1, -0.05) is 12.1 Å². The van der Waals surface area contributed by atoms with E-state index in [1.807, 2.05) is 31.1 Å². The number of nitrogens with one attached hydrogen (secondary N) is 1. The zero-order chi connectivity index (χ0) is 24.0. The molecule has 3 aromatic rings. The second kappa shape index (κ2) is 9.40. The molecule has 0 spiro atoms. The molecule has 2 amide bonds. The highest BCUT2D eigenvalue weighted by Crippen LogP contribution is 2.38. The lowest BCUT2D eigenvalue weighted by Gasteiger charge is -2.28. The first-order valence-corrected chi connectivity index (χ1v) is 10.7. The van der Waals surface area contributed by atoms with Crippen LogP contribution in [-0.4, -0.2) is 60.5 Å². The third-order valence-corrected chi connectivity index (χ3v) is 5.95. The van der Waals surface area contributed by atoms with Crippen LogP contribution in [0.3, 0.4) is 0 Å². The first-order valence-electron chi connectivity index (χ1n) is 10.7. The second-order valence-corrected chi connectivity index (χ2v) is 8.44. The van der Waals surface area contributed by atoms with Crippen LogP contribution in [0.4, 0.5) is 11.4 Å². The molecule has 2 heterocycles. The van der Waals surface area contributed by atoms with Crippen LogP contribution in [0, 0.1) is 10.1 Å². The maximum Gasteiger partial charge on any atom is 0.278 e. The standard InChI is InChI=1S/C24H22N4O6.ClH/c1-26(2)6-7-27-23(29)17-5-3-4-14-8-16(10-18(22(14)17)24(27)30)25-12-15-9-20-21(34-13-33-20)11-19(15)28(31)32;/h3-5,8-11,25H,6-7,12-13H2,1-2H3;1H. The number of ether oxygens (including phenoxy) is 2. The van der Waals surface area contributed by atoms with Crippen molar-refractivity contribution in [3.05, 3.63) is 69.3 Å². The number of likely N-dealkylation sites (N-methyl/N-ethyl adjacent to an activating group) is 1. The van der Waals surface area contributed by atoms with E-state index in [2.05, 4.69) is 5.32 Å². The number of carbonyl (C=O) groups is 2. The van der Waals surface area contributed by atoms with E-state index in [1.54, 1.807) is 24.3 Å². The Labute approximate surface area is 207 Å². The summed E-state index contributed by atoms with van der Waals surface area (Å²) in [5, 5.41) is 16.1. The average Bonchev–Trinajstić information content (AvgIpc) is 3.27. The summed E-state index contributed by atoms with van der Waals surface area (Å²) in [5.41, 5.74) is 1.86. The van der Waals surface area contributed by atoms with Crippen LogP contribution in [-0.2, 0) is 6.54 Å². The van der Waals surface area contributed by atoms with E-state index in [4.69, 9.17) is 9.47 Å². The molecule has 5 rings (SSSR count). The lowest BCUT2D eigenvalue weighted by Crippen LogP contribution is -2.43. The summed E-state index contributed by atoms with van der Waals surface area (Å²) in [7, 11) is 3.76. The summed E-state index contributed by atoms with van der Waals surface area (Å²) < 4.78 is 10.6. The van der Waals surface area contributed by atoms with E-state index < -0.39 is 4.92 Å². The molecule has 3 aromatic carbocycles. The number of anilines is 1. The van der Waals surface area contributed by atoms with E-state index in [-0.39, 0.29) is 49.8 Å². The van der Waals surface area contributed by atoms with Crippen molar-refractivity contribution in [3.8, 4) is 11.5 Å². The van der Waals surface area contributed by atoms with Gasteiger partial charge in [0.25, 0.3) is 17.5 Å². The number of nitrogens with zero attached hydrogens (tertiary/aromatic N) is 3. The first-order chi connectivity index (χ1) is 16.3. The fourth-order valence-electron chi connectivity index (χ4n) is 4.25. The largest absolute Gasteiger partial charge is 0.454 e. The van der Waals surface area contributed by atoms with Gasteiger partial charge in [-0.2, -0.15) is 0 Å². The lowest BCUT2D eigenvalue weighted by molar-refractivity contribution is -0.385. The van der Waals surface area contributed by atoms with Gasteiger partial charge in [-0.15, -0.1) is 12.4 Å². The van der Waals surface area contributed by atoms with Crippen molar-refractivity contribution < 1.29 is 24.0 Å². The summed E-state index contributed by atoms with van der Waals surface area (Å²) in [6.45, 7) is 0.982. The highest BCUT2D eigenvalue weighted by atomic mass is 35.5. The molecule has 0 radical (unpaired) electrons. The van der Waals surface area contributed by atoms with Gasteiger partial charge in [0.2, 0.25) is 6.79 Å². The van der Waals surface area contributed by atoms with Crippen molar-refractivity contribution in [1.82, 2.24) is 9.80 Å². The van der Waals surface area contributed by atoms with Gasteiger partial charge in [0.15, 0.2) is 11.5 Å². The predicted octanol–water partition coefficient (Wildman–Crippen LogP) is 3.67. The third kappa shape index (κ3) is 4.33. The van der Waals surface area contributed by atoms with Crippen molar-refractivity contribution >= 4 is 46.4 Å². The van der Waals surface area contributed by atoms with Crippen molar-refractivity contribution in [2.45, 2.75) is 6.54 Å². The summed E-state index contributed by atoms with van der Waals surface area (Å²) in [6, 6.07) is 11.8. The number of benzene rings is 3. The normalized spacial score (nSPS) is 13.9. The molecule has 1 N–H and O–H groups in total. The Hall–Kier alpha value is -3.89. The van der Waals surface area contributed by atoms with Gasteiger partial charge in [-0.25, -0.2) is 0 Å². The van der Waals surface area contributed by atoms with Crippen LogP contribution < -0.4 is 14.8 Å². The summed E-state index contributed by atoms with van der Waals surface area (Å²) in [4.78, 5) is 40.5. The third-order valence-electron chi connectivity index (χ3n) is 5.95. The number of nitro groups is 1. The molecule has 35 heavy (non-hydrogen) atoms. The zero-order valence-corrected chi connectivity index (χ0v) is 19.9. The molecular formula is C24H23ClN4O6. The number of hydrogen-bond donors (Lipinski definition) is 1. The van der Waals surface area contributed by atoms with Crippen LogP contribution >= 0.6 is 12.4 Å². The number of amides is 2. The molecule has 182 valence electrons. The monoisotopic (exact) mass is 498 g/mol. The summed E-state index contributed by atoms with van der Waals surface area (Å²) in [6.07, 6.45) is 0. The Morgan fingerprint density at radius 3 is 2.49 bits per heavy atom. The van der Waals surface area contributed by atoms with Crippen LogP contribution in [0.15, 0.2) is 42.5 Å². The molecule has 11 heteroatoms. The van der Waals surface area contributed by atoms with E-state index in [9.17, 15) is 19.7 Å². The minimum atomic E-state index is -0.465. The Morgan fingerprint density at radius 1 is 1.06 bits per heavy atom. The SMILES string of the molecule is CN(C)CCN1C(=O)c2cccc3cc(NCc4cc5c(cc4[N+](=O)[O-])OCO5)cc(c23)C1=O.Cl. The van der Waals surface area contributed by atoms with Gasteiger partial charge in [0.05, 0.1) is 22.1 Å². The number of imide groups is 1. The minimum absolute atomic E-state index is 0. The van der Waals surface area contributed by atoms with Gasteiger partial charge in [0.1, 0.15) is 0 Å². The van der Waals surface area contributed by atoms with Gasteiger partial charge in [0, 0.05) is 36.3 Å². The van der Waals surface area contributed by atoms with Crippen molar-refractivity contribution in [1.29, 1.82) is 0 Å². The molecule has 0 atom stereocenters. The molecule has 10 nitrogen and oxygen atoms in total. The highest BCUT2D eigenvalue weighted by molar-refractivity contribution is 6.26. The zero-order valence-electron chi connectivity index (χ0n) is 19.1. The van der Waals surface area contributed by atoms with E-state index in [0.29, 0.717) is 45.8 Å². The Kier molecular flexibility index (Phi) is 6.51. The van der Waals surface area contributed by atoms with Crippen molar-refractivity contribution in [2.75, 3.05) is 39.3 Å². The Balaban J connectivity index is 0.00000289. The predicted molar refractivity (Wildman–Crippen MR) is 132 cm³/mol. The summed E-state index contributed by atoms with van der Waals surface area (Å²) in [5.74, 6) is 0.131. The molecule has 0 saturated carbocycles. The number of fused-ring (bicyclic) bond motifs is 1. The molecule has 0 fully saturated rings. The topological polar surface area (TPSA) is 114 Å². The Morgan fingerprint density at radius 2 is 1.77 bits per heavy atom. The van der Waals surface area contributed by atoms with Crippen molar-refractivity contribution in [3.63, 3.8) is 0 Å². The molecule has 0 bridgehead atoms. The number of halogens is 1. The van der Waals surface area contributed by atoms with Gasteiger partial charge >= 0.3 is 0 Å². The molecule has 2 aliphatic heterocycles. The van der Waals surface area contributed by atoms with E-state index >= 15 is 0 Å². The van der Waals surface area contributed by atoms with Crippen LogP contribution in [0.5, 0.6) is 11.5 Å². The van der Waals surface area contributed by atoms with Crippen molar-refractivity contribution in [2.24, 2.45) is 0 Å². The average molecular weight is 499 g/mol. The molecule has 0 aromatic heterocycles. The van der Waals surface area contributed by atoms with Gasteiger partial charge in [-0.05, 0) is 43.7 Å². The highest BCUT2D eigenvalue weighted by Gasteiger charge is 2.33. The molecular weight excluding hydrogens is 476 g/mol. The number of carbonyl (C=O) groups excluding carboxylic acids is 2. The summed E-state index contributed by atoms with van der Waals surface area (Å²) >= 11 is 0. The molecule has 2 aliphatic rings. The minimum Gasteiger partial charge on any atom is -0.454 e. The quantitative estimate of drug-likeness (QED) is 0.298. The maximum atomic E-state index is 13.3. The molecule has 0 aliphatic carbocycles. The molecule has 0 saturated heterocycles. The fourth-order valence-corrected chi connectivity index (χ4v) is 4.25. The van der Waals surface area contributed by atoms with Crippen LogP contribution in [0.1, 0.15) is 26.3 Å². The van der Waals surface area contributed by atoms with Gasteiger partial charge < -0.3 is 19.7 Å². The van der Waals surface area contributed by atoms with Crippen LogP contribution in [0.2, 0.25) is 0 Å². The van der Waals surface area contributed by atoms with Gasteiger partial charge in [-0.3, -0.25) is 24.6 Å². The number of hydrogen-bond acceptors (Lipinski definition) is 8. The molecule has 0 unspecified atom stereocenters. The lowest BCUT2D eigenvalue weighted by atomic mass is 9.93. The fraction of sp³-hybridized carbons (Fsp3) is 0.250. The van der Waals surface area contributed by atoms with E-state index in [1.165, 1.54) is 11.0 Å². The Bertz CT molecular complexity index is 1360. The smallest absolute Gasteiger partial charge is 0.278 e. The van der Waals surface area contributed by atoms with E-state index in [0.717, 1.165) is 5.39 Å². The first kappa shape index (κ1) is 24.2.